The van der Waals surface area contributed by atoms with Crippen molar-refractivity contribution in [3.63, 3.8) is 0 Å². The molecule has 0 atom stereocenters. The molecular weight excluding hydrogens is 322 g/mol. The first-order chi connectivity index (χ1) is 12.8. The zero-order chi connectivity index (χ0) is 18.0. The van der Waals surface area contributed by atoms with E-state index < -0.39 is 0 Å². The third kappa shape index (κ3) is 5.55. The Balaban J connectivity index is 1.46. The van der Waals surface area contributed by atoms with Crippen LogP contribution in [0.5, 0.6) is 11.5 Å². The second-order valence-electron chi connectivity index (χ2n) is 6.04. The van der Waals surface area contributed by atoms with Gasteiger partial charge >= 0.3 is 0 Å². The van der Waals surface area contributed by atoms with Crippen molar-refractivity contribution in [2.75, 3.05) is 18.5 Å². The fourth-order valence-electron chi connectivity index (χ4n) is 2.72. The minimum atomic E-state index is 0.682. The van der Waals surface area contributed by atoms with E-state index in [-0.39, 0.29) is 0 Å². The lowest BCUT2D eigenvalue weighted by molar-refractivity contribution is 0.322. The quantitative estimate of drug-likeness (QED) is 0.568. The van der Waals surface area contributed by atoms with Crippen LogP contribution in [0.15, 0.2) is 78.9 Å². The summed E-state index contributed by atoms with van der Waals surface area (Å²) in [6, 6.07) is 26.6. The average molecular weight is 347 g/mol. The van der Waals surface area contributed by atoms with Gasteiger partial charge in [-0.15, -0.1) is 0 Å². The van der Waals surface area contributed by atoms with E-state index in [2.05, 4.69) is 41.7 Å². The Morgan fingerprint density at radius 2 is 1.50 bits per heavy atom. The summed E-state index contributed by atoms with van der Waals surface area (Å²) in [5.74, 6) is 1.80. The first-order valence-electron chi connectivity index (χ1n) is 9.06. The molecule has 0 radical (unpaired) electrons. The fourth-order valence-corrected chi connectivity index (χ4v) is 2.72. The Morgan fingerprint density at radius 1 is 0.731 bits per heavy atom. The summed E-state index contributed by atoms with van der Waals surface area (Å²) in [5.41, 5.74) is 3.56. The molecule has 1 N–H and O–H groups in total. The van der Waals surface area contributed by atoms with Gasteiger partial charge in [0.1, 0.15) is 11.5 Å². The molecule has 0 spiro atoms. The van der Waals surface area contributed by atoms with Crippen LogP contribution in [0.3, 0.4) is 0 Å². The Labute approximate surface area is 155 Å². The highest BCUT2D eigenvalue weighted by Crippen LogP contribution is 2.18. The Kier molecular flexibility index (Phi) is 6.54. The molecule has 0 amide bonds. The minimum absolute atomic E-state index is 0.682. The van der Waals surface area contributed by atoms with Crippen molar-refractivity contribution in [1.29, 1.82) is 0 Å². The summed E-state index contributed by atoms with van der Waals surface area (Å²) in [5, 5.41) is 3.43. The van der Waals surface area contributed by atoms with Crippen LogP contribution in [0.2, 0.25) is 0 Å². The van der Waals surface area contributed by atoms with Crippen LogP contribution < -0.4 is 14.8 Å². The summed E-state index contributed by atoms with van der Waals surface area (Å²) in [6.07, 6.45) is 0.914. The molecule has 3 rings (SSSR count). The van der Waals surface area contributed by atoms with E-state index in [1.54, 1.807) is 0 Å². The van der Waals surface area contributed by atoms with Crippen molar-refractivity contribution in [2.24, 2.45) is 0 Å². The van der Waals surface area contributed by atoms with E-state index in [0.29, 0.717) is 13.2 Å². The van der Waals surface area contributed by atoms with Gasteiger partial charge in [0.25, 0.3) is 0 Å². The number of anilines is 1. The predicted molar refractivity (Wildman–Crippen MR) is 107 cm³/mol. The minimum Gasteiger partial charge on any atom is -0.494 e. The second kappa shape index (κ2) is 9.52. The molecule has 3 aromatic carbocycles. The molecule has 0 fully saturated rings. The SMILES string of the molecule is CCOc1cccc(CNc2ccc(OCCc3ccccc3)cc2)c1. The lowest BCUT2D eigenvalue weighted by Gasteiger charge is -2.10. The van der Waals surface area contributed by atoms with Crippen molar-refractivity contribution in [3.8, 4) is 11.5 Å². The summed E-state index contributed by atoms with van der Waals surface area (Å²) < 4.78 is 11.4. The zero-order valence-corrected chi connectivity index (χ0v) is 15.2. The van der Waals surface area contributed by atoms with Crippen molar-refractivity contribution >= 4 is 5.69 Å². The molecule has 26 heavy (non-hydrogen) atoms. The van der Waals surface area contributed by atoms with E-state index in [0.717, 1.165) is 30.2 Å². The van der Waals surface area contributed by atoms with Gasteiger partial charge in [0.05, 0.1) is 13.2 Å². The predicted octanol–water partition coefficient (Wildman–Crippen LogP) is 5.32. The molecule has 0 unspecified atom stereocenters. The lowest BCUT2D eigenvalue weighted by atomic mass is 10.2. The fraction of sp³-hybridized carbons (Fsp3) is 0.217. The van der Waals surface area contributed by atoms with Gasteiger partial charge in [0.2, 0.25) is 0 Å². The van der Waals surface area contributed by atoms with E-state index in [1.165, 1.54) is 11.1 Å². The molecule has 0 aliphatic heterocycles. The maximum atomic E-state index is 5.83. The third-order valence-electron chi connectivity index (χ3n) is 4.06. The molecule has 3 aromatic rings. The summed E-state index contributed by atoms with van der Waals surface area (Å²) >= 11 is 0. The smallest absolute Gasteiger partial charge is 0.119 e. The van der Waals surface area contributed by atoms with Crippen LogP contribution >= 0.6 is 0 Å². The van der Waals surface area contributed by atoms with Crippen LogP contribution in [-0.2, 0) is 13.0 Å². The van der Waals surface area contributed by atoms with Gasteiger partial charge in [-0.3, -0.25) is 0 Å². The molecular formula is C23H25NO2. The zero-order valence-electron chi connectivity index (χ0n) is 15.2. The molecule has 0 saturated heterocycles. The normalized spacial score (nSPS) is 10.3. The molecule has 0 aliphatic carbocycles. The number of ether oxygens (including phenoxy) is 2. The van der Waals surface area contributed by atoms with Gasteiger partial charge in [0, 0.05) is 18.7 Å². The van der Waals surface area contributed by atoms with Crippen LogP contribution in [0.4, 0.5) is 5.69 Å². The molecule has 0 bridgehead atoms. The number of rotatable bonds is 9. The second-order valence-corrected chi connectivity index (χ2v) is 6.04. The molecule has 0 saturated carbocycles. The van der Waals surface area contributed by atoms with E-state index in [1.807, 2.05) is 49.4 Å². The van der Waals surface area contributed by atoms with Gasteiger partial charge in [-0.25, -0.2) is 0 Å². The summed E-state index contributed by atoms with van der Waals surface area (Å²) in [4.78, 5) is 0. The highest BCUT2D eigenvalue weighted by atomic mass is 16.5. The number of hydrogen-bond acceptors (Lipinski definition) is 3. The Hall–Kier alpha value is -2.94. The van der Waals surface area contributed by atoms with E-state index >= 15 is 0 Å². The largest absolute Gasteiger partial charge is 0.494 e. The molecule has 0 aliphatic rings. The van der Waals surface area contributed by atoms with Gasteiger partial charge in [0.15, 0.2) is 0 Å². The van der Waals surface area contributed by atoms with Crippen LogP contribution in [0, 0.1) is 0 Å². The van der Waals surface area contributed by atoms with E-state index in [4.69, 9.17) is 9.47 Å². The highest BCUT2D eigenvalue weighted by Gasteiger charge is 1.99. The Bertz CT molecular complexity index is 785. The topological polar surface area (TPSA) is 30.5 Å². The van der Waals surface area contributed by atoms with Gasteiger partial charge in [-0.2, -0.15) is 0 Å². The van der Waals surface area contributed by atoms with Crippen molar-refractivity contribution in [1.82, 2.24) is 0 Å². The highest BCUT2D eigenvalue weighted by molar-refractivity contribution is 5.47. The molecule has 0 aromatic heterocycles. The summed E-state index contributed by atoms with van der Waals surface area (Å²) in [6.45, 7) is 4.12. The molecule has 134 valence electrons. The maximum Gasteiger partial charge on any atom is 0.119 e. The molecule has 3 heteroatoms. The number of hydrogen-bond donors (Lipinski definition) is 1. The number of nitrogens with one attached hydrogen (secondary N) is 1. The maximum absolute atomic E-state index is 5.83. The van der Waals surface area contributed by atoms with Crippen LogP contribution in [-0.4, -0.2) is 13.2 Å². The van der Waals surface area contributed by atoms with Crippen LogP contribution in [0.1, 0.15) is 18.1 Å². The molecule has 0 heterocycles. The van der Waals surface area contributed by atoms with Gasteiger partial charge in [-0.05, 0) is 54.4 Å². The van der Waals surface area contributed by atoms with Gasteiger partial charge in [-0.1, -0.05) is 42.5 Å². The first kappa shape index (κ1) is 17.9. The van der Waals surface area contributed by atoms with Crippen molar-refractivity contribution in [2.45, 2.75) is 19.9 Å². The van der Waals surface area contributed by atoms with E-state index in [9.17, 15) is 0 Å². The van der Waals surface area contributed by atoms with Crippen molar-refractivity contribution in [3.05, 3.63) is 90.0 Å². The van der Waals surface area contributed by atoms with Crippen molar-refractivity contribution < 1.29 is 9.47 Å². The third-order valence-corrected chi connectivity index (χ3v) is 4.06. The Morgan fingerprint density at radius 3 is 2.27 bits per heavy atom. The standard InChI is InChI=1S/C23H25NO2/c1-2-25-23-10-6-9-20(17-23)18-24-21-11-13-22(14-12-21)26-16-15-19-7-4-3-5-8-19/h3-14,17,24H,2,15-16,18H2,1H3. The van der Waals surface area contributed by atoms with Crippen LogP contribution in [0.25, 0.3) is 0 Å². The summed E-state index contributed by atoms with van der Waals surface area (Å²) in [7, 11) is 0. The first-order valence-corrected chi connectivity index (χ1v) is 9.06. The number of benzene rings is 3. The molecule has 3 nitrogen and oxygen atoms in total. The van der Waals surface area contributed by atoms with Gasteiger partial charge < -0.3 is 14.8 Å². The lowest BCUT2D eigenvalue weighted by Crippen LogP contribution is -2.02. The average Bonchev–Trinajstić information content (AvgIpc) is 2.69. The monoisotopic (exact) mass is 347 g/mol.